The Morgan fingerprint density at radius 3 is 2.62 bits per heavy atom. The number of nitrogens with two attached hydrogens (primary N) is 1. The number of hydrogen-bond acceptors (Lipinski definition) is 3. The molecule has 0 aliphatic rings. The fourth-order valence-electron chi connectivity index (χ4n) is 0.629. The molecule has 0 saturated carbocycles. The van der Waals surface area contributed by atoms with Gasteiger partial charge in [-0.3, -0.25) is 14.6 Å². The largest absolute Gasteiger partial charge is 0.361 e. The number of nitrogens with zero attached hydrogens (tertiary/aromatic N) is 1. The summed E-state index contributed by atoms with van der Waals surface area (Å²) in [5.41, 5.74) is 5.16. The van der Waals surface area contributed by atoms with E-state index in [1.54, 1.807) is 18.3 Å². The summed E-state index contributed by atoms with van der Waals surface area (Å²) < 4.78 is 0. The highest BCUT2D eigenvalue weighted by molar-refractivity contribution is 6.39. The van der Waals surface area contributed by atoms with E-state index in [0.717, 1.165) is 0 Å². The van der Waals surface area contributed by atoms with Crippen LogP contribution in [-0.2, 0) is 9.59 Å². The van der Waals surface area contributed by atoms with Crippen molar-refractivity contribution in [1.29, 1.82) is 0 Å². The molecule has 0 unspecified atom stereocenters. The normalized spacial score (nSPS) is 8.31. The molecule has 1 aromatic rings. The van der Waals surface area contributed by atoms with Crippen molar-refractivity contribution in [3.05, 3.63) is 24.5 Å². The third-order valence-electron chi connectivity index (χ3n) is 1.14. The minimum atomic E-state index is -1.01. The SMILES string of the molecule is Cl.NC(=O)C(=O)Nc1cccnc1. The zero-order chi connectivity index (χ0) is 8.97. The molecule has 5 nitrogen and oxygen atoms in total. The van der Waals surface area contributed by atoms with E-state index < -0.39 is 11.8 Å². The highest BCUT2D eigenvalue weighted by Gasteiger charge is 2.07. The van der Waals surface area contributed by atoms with Gasteiger partial charge < -0.3 is 11.1 Å². The molecule has 0 aromatic carbocycles. The lowest BCUT2D eigenvalue weighted by Crippen LogP contribution is -2.29. The van der Waals surface area contributed by atoms with Crippen molar-refractivity contribution in [3.63, 3.8) is 0 Å². The van der Waals surface area contributed by atoms with E-state index in [-0.39, 0.29) is 12.4 Å². The topological polar surface area (TPSA) is 85.1 Å². The third kappa shape index (κ3) is 3.53. The van der Waals surface area contributed by atoms with Gasteiger partial charge in [-0.2, -0.15) is 0 Å². The minimum absolute atomic E-state index is 0. The lowest BCUT2D eigenvalue weighted by atomic mass is 10.4. The maximum Gasteiger partial charge on any atom is 0.313 e. The Balaban J connectivity index is 0.00000144. The molecule has 0 saturated heterocycles. The summed E-state index contributed by atoms with van der Waals surface area (Å²) in [5, 5.41) is 2.27. The van der Waals surface area contributed by atoms with Crippen molar-refractivity contribution >= 4 is 29.9 Å². The average molecular weight is 202 g/mol. The van der Waals surface area contributed by atoms with Crippen molar-refractivity contribution < 1.29 is 9.59 Å². The van der Waals surface area contributed by atoms with Crippen LogP contribution in [0.2, 0.25) is 0 Å². The van der Waals surface area contributed by atoms with Gasteiger partial charge in [-0.15, -0.1) is 12.4 Å². The molecule has 0 aliphatic heterocycles. The van der Waals surface area contributed by atoms with Crippen molar-refractivity contribution in [1.82, 2.24) is 4.98 Å². The first kappa shape index (κ1) is 11.4. The molecule has 1 rings (SSSR count). The van der Waals surface area contributed by atoms with Crippen LogP contribution in [-0.4, -0.2) is 16.8 Å². The Kier molecular flexibility index (Phi) is 4.47. The molecule has 0 aliphatic carbocycles. The number of rotatable bonds is 1. The molecule has 1 heterocycles. The van der Waals surface area contributed by atoms with Crippen LogP contribution in [0.1, 0.15) is 0 Å². The fraction of sp³-hybridized carbons (Fsp3) is 0. The van der Waals surface area contributed by atoms with E-state index in [4.69, 9.17) is 5.73 Å². The van der Waals surface area contributed by atoms with Crippen molar-refractivity contribution in [2.45, 2.75) is 0 Å². The number of pyridine rings is 1. The summed E-state index contributed by atoms with van der Waals surface area (Å²) in [6.45, 7) is 0. The molecule has 0 fully saturated rings. The molecule has 0 spiro atoms. The first-order valence-corrected chi connectivity index (χ1v) is 3.21. The van der Waals surface area contributed by atoms with Gasteiger partial charge in [0.15, 0.2) is 0 Å². The van der Waals surface area contributed by atoms with Crippen LogP contribution in [0.5, 0.6) is 0 Å². The summed E-state index contributed by atoms with van der Waals surface area (Å²) in [5.74, 6) is -1.86. The van der Waals surface area contributed by atoms with E-state index in [1.807, 2.05) is 0 Å². The Hall–Kier alpha value is -1.62. The molecule has 0 atom stereocenters. The van der Waals surface area contributed by atoms with E-state index in [0.29, 0.717) is 5.69 Å². The van der Waals surface area contributed by atoms with Gasteiger partial charge in [-0.1, -0.05) is 0 Å². The number of nitrogens with one attached hydrogen (secondary N) is 1. The molecular formula is C7H8ClN3O2. The predicted molar refractivity (Wildman–Crippen MR) is 49.3 cm³/mol. The highest BCUT2D eigenvalue weighted by Crippen LogP contribution is 2.01. The first-order valence-electron chi connectivity index (χ1n) is 3.21. The number of aromatic nitrogens is 1. The van der Waals surface area contributed by atoms with Crippen LogP contribution in [0.25, 0.3) is 0 Å². The number of hydrogen-bond donors (Lipinski definition) is 2. The molecule has 1 aromatic heterocycles. The van der Waals surface area contributed by atoms with Crippen molar-refractivity contribution in [2.24, 2.45) is 5.73 Å². The first-order chi connectivity index (χ1) is 5.70. The number of carbonyl (C=O) groups excluding carboxylic acids is 2. The Morgan fingerprint density at radius 1 is 1.46 bits per heavy atom. The highest BCUT2D eigenvalue weighted by atomic mass is 35.5. The van der Waals surface area contributed by atoms with Crippen LogP contribution in [0, 0.1) is 0 Å². The zero-order valence-electron chi connectivity index (χ0n) is 6.56. The monoisotopic (exact) mass is 201 g/mol. The number of carbonyl (C=O) groups is 2. The second-order valence-electron chi connectivity index (χ2n) is 2.06. The molecule has 3 N–H and O–H groups in total. The van der Waals surface area contributed by atoms with Gasteiger partial charge in [-0.05, 0) is 12.1 Å². The standard InChI is InChI=1S/C7H7N3O2.ClH/c8-6(11)7(12)10-5-2-1-3-9-4-5;/h1-4H,(H2,8,11)(H,10,12);1H. The van der Waals surface area contributed by atoms with Crippen molar-refractivity contribution in [2.75, 3.05) is 5.32 Å². The Morgan fingerprint density at radius 2 is 2.15 bits per heavy atom. The lowest BCUT2D eigenvalue weighted by Gasteiger charge is -1.99. The Bertz CT molecular complexity index is 302. The molecule has 70 valence electrons. The number of primary amides is 1. The zero-order valence-corrected chi connectivity index (χ0v) is 7.38. The number of anilines is 1. The summed E-state index contributed by atoms with van der Waals surface area (Å²) in [6, 6.07) is 3.24. The van der Waals surface area contributed by atoms with E-state index in [2.05, 4.69) is 10.3 Å². The van der Waals surface area contributed by atoms with Gasteiger partial charge >= 0.3 is 11.8 Å². The van der Waals surface area contributed by atoms with Gasteiger partial charge in [-0.25, -0.2) is 0 Å². The third-order valence-corrected chi connectivity index (χ3v) is 1.14. The summed E-state index contributed by atoms with van der Waals surface area (Å²) in [6.07, 6.45) is 2.97. The maximum absolute atomic E-state index is 10.7. The average Bonchev–Trinajstić information content (AvgIpc) is 2.06. The second-order valence-corrected chi connectivity index (χ2v) is 2.06. The van der Waals surface area contributed by atoms with Gasteiger partial charge in [0.05, 0.1) is 11.9 Å². The fourth-order valence-corrected chi connectivity index (χ4v) is 0.629. The summed E-state index contributed by atoms with van der Waals surface area (Å²) in [7, 11) is 0. The van der Waals surface area contributed by atoms with Crippen LogP contribution < -0.4 is 11.1 Å². The quantitative estimate of drug-likeness (QED) is 0.624. The van der Waals surface area contributed by atoms with Crippen molar-refractivity contribution in [3.8, 4) is 0 Å². The summed E-state index contributed by atoms with van der Waals surface area (Å²) >= 11 is 0. The minimum Gasteiger partial charge on any atom is -0.361 e. The predicted octanol–water partition coefficient (Wildman–Crippen LogP) is -0.0728. The van der Waals surface area contributed by atoms with Crippen LogP contribution in [0.15, 0.2) is 24.5 Å². The van der Waals surface area contributed by atoms with E-state index >= 15 is 0 Å². The maximum atomic E-state index is 10.7. The second kappa shape index (κ2) is 5.10. The number of halogens is 1. The van der Waals surface area contributed by atoms with Gasteiger partial charge in [0, 0.05) is 6.20 Å². The molecule has 0 radical (unpaired) electrons. The number of amides is 2. The van der Waals surface area contributed by atoms with Crippen LogP contribution in [0.3, 0.4) is 0 Å². The molecule has 6 heteroatoms. The Labute approximate surface area is 80.7 Å². The van der Waals surface area contributed by atoms with E-state index in [1.165, 1.54) is 6.20 Å². The summed E-state index contributed by atoms with van der Waals surface area (Å²) in [4.78, 5) is 24.7. The van der Waals surface area contributed by atoms with Gasteiger partial charge in [0.25, 0.3) is 0 Å². The molecular weight excluding hydrogens is 194 g/mol. The molecule has 0 bridgehead atoms. The van der Waals surface area contributed by atoms with Crippen LogP contribution in [0.4, 0.5) is 5.69 Å². The lowest BCUT2D eigenvalue weighted by molar-refractivity contribution is -0.134. The van der Waals surface area contributed by atoms with Gasteiger partial charge in [0.2, 0.25) is 0 Å². The van der Waals surface area contributed by atoms with Gasteiger partial charge in [0.1, 0.15) is 0 Å². The molecule has 2 amide bonds. The van der Waals surface area contributed by atoms with E-state index in [9.17, 15) is 9.59 Å². The van der Waals surface area contributed by atoms with Crippen LogP contribution >= 0.6 is 12.4 Å². The molecule has 13 heavy (non-hydrogen) atoms. The smallest absolute Gasteiger partial charge is 0.313 e.